The van der Waals surface area contributed by atoms with Crippen molar-refractivity contribution in [2.45, 2.75) is 57.9 Å². The number of aromatic nitrogens is 5. The molecule has 0 saturated carbocycles. The number of aryl methyl sites for hydroxylation is 1. The lowest BCUT2D eigenvalue weighted by Gasteiger charge is -2.19. The van der Waals surface area contributed by atoms with Crippen LogP contribution in [-0.2, 0) is 75.1 Å². The van der Waals surface area contributed by atoms with Crippen LogP contribution in [0.25, 0.3) is 11.1 Å². The fourth-order valence-corrected chi connectivity index (χ4v) is 15.7. The third-order valence-corrected chi connectivity index (χ3v) is 23.1. The zero-order valence-corrected chi connectivity index (χ0v) is 83.3. The molecule has 0 aliphatic carbocycles. The number of anilines is 6. The Balaban J connectivity index is 0.000000142. The standard InChI is InChI=1S/C21H17ClFN5O.C21H18ClFN4O.C17H13Cl2N3O.C17H12F3N3O.C17H13F2N3O.C16H12ClFN4O/c1-28-12-15(10-25-28)14-8-17(22)19(23)18(9-14)27-21(29)20-24-11-16(26-20)7-13-5-3-2-4-6-13;1-21(2,12-24)16-9-14(22)10-17(18(16)23)27-20(28)19-25-11-15(26-19)8-13-6-4-3-5-7-13;18-12-7-13(19)9-14(8-12)22-17(23)16-20-10-15(21-16)6-11-4-2-1-3-5-11;18-11-7-13(19)15(20)14(8-11)23-17(24)16-21-9-12(22-16)6-10-4-2-1-3-5-10;18-13-7-4-8-14(15(13)19)22-17(23)16-20-10-12(21-16)9-11-5-2-1-3-6-11;17-12-7-4-8-13(14(12)18)20-16(23)15-19-10-22(21-15)9-11-5-2-1-3-6-11/h2-6,8-10,12H,7,11H2,1H3,(H,27,29);3-7,9-10H,8,11H2,1-2H3,(H,27,28);1-5,7-9H,6,10H2,(H,22,23);1-5,7-8H,6,9H2,(H,23,24);1-8H,9-10H2,(H,22,23);1-8,10H,9H2,(H,20,23). The summed E-state index contributed by atoms with van der Waals surface area (Å²) in [4.78, 5) is 119. The van der Waals surface area contributed by atoms with Crippen molar-refractivity contribution in [2.24, 2.45) is 57.0 Å². The number of aliphatic imine (C=N–C) groups is 10. The summed E-state index contributed by atoms with van der Waals surface area (Å²) in [6, 6.07) is 79.9. The van der Waals surface area contributed by atoms with Gasteiger partial charge in [0, 0.05) is 118 Å². The Bertz CT molecular complexity index is 7770. The Morgan fingerprint density at radius 2 is 0.720 bits per heavy atom. The number of carbonyl (C=O) groups is 6. The Kier molecular flexibility index (Phi) is 37.5. The molecule has 6 N–H and O–H groups in total. The summed E-state index contributed by atoms with van der Waals surface area (Å²) in [6.45, 7) is 5.32. The van der Waals surface area contributed by atoms with Crippen molar-refractivity contribution >= 4 is 185 Å². The van der Waals surface area contributed by atoms with Crippen molar-refractivity contribution < 1.29 is 63.9 Å². The lowest BCUT2D eigenvalue weighted by molar-refractivity contribution is -0.111. The quantitative estimate of drug-likeness (QED) is 0.0220. The normalized spacial score (nSPS) is 13.0. The van der Waals surface area contributed by atoms with Crippen LogP contribution in [0.5, 0.6) is 0 Å². The second-order valence-corrected chi connectivity index (χ2v) is 35.9. The van der Waals surface area contributed by atoms with Crippen LogP contribution in [0.2, 0.25) is 25.1 Å². The van der Waals surface area contributed by atoms with Gasteiger partial charge in [0.2, 0.25) is 35.0 Å². The molecule has 5 aliphatic rings. The van der Waals surface area contributed by atoms with Crippen LogP contribution in [0, 0.1) is 57.9 Å². The predicted molar refractivity (Wildman–Crippen MR) is 570 cm³/mol. The average molecular weight is 2130 g/mol. The SMILES string of the molecule is CC(C)(C#N)c1cc(Cl)cc(NC(=O)C2=NCC(Cc3ccccc3)=N2)c1F.Cn1cc(-c2cc(Cl)c(F)c(NC(=O)C3=NCC(Cc4ccccc4)=N3)c2)cn1.O=C(Nc1cc(Cl)cc(Cl)c1)C1=NCC(Cc2ccccc2)=N1.O=C(Nc1cc(F)cc(F)c1F)C1=NCC(Cc2ccccc2)=N1.O=C(Nc1cccc(Cl)c1F)c1ncn(Cc2ccccc2)n1.O=C(Nc1cccc(F)c1F)C1=NCC(Cc2ccccc2)=N1. The van der Waals surface area contributed by atoms with Gasteiger partial charge in [-0.25, -0.2) is 69.8 Å². The minimum absolute atomic E-state index is 0.00796. The lowest BCUT2D eigenvalue weighted by atomic mass is 9.85. The predicted octanol–water partition coefficient (Wildman–Crippen LogP) is 21.8. The van der Waals surface area contributed by atoms with Crippen molar-refractivity contribution in [2.75, 3.05) is 64.6 Å². The molecular formula is C109H85Cl5F8N22O6. The summed E-state index contributed by atoms with van der Waals surface area (Å²) in [7, 11) is 1.78. The van der Waals surface area contributed by atoms with E-state index in [4.69, 9.17) is 58.0 Å². The monoisotopic (exact) mass is 2120 g/mol. The average Bonchev–Trinajstić information content (AvgIpc) is 1.12. The molecule has 150 heavy (non-hydrogen) atoms. The van der Waals surface area contributed by atoms with Crippen molar-refractivity contribution in [3.8, 4) is 17.2 Å². The number of halogens is 13. The first-order valence-corrected chi connectivity index (χ1v) is 47.5. The number of nitrogens with zero attached hydrogens (tertiary/aromatic N) is 16. The van der Waals surface area contributed by atoms with Crippen LogP contribution in [0.3, 0.4) is 0 Å². The fraction of sp³-hybridized carbons (Fsp3) is 0.138. The van der Waals surface area contributed by atoms with Crippen molar-refractivity contribution in [3.63, 3.8) is 0 Å². The number of carbonyl (C=O) groups excluding carboxylic acids is 6. The molecule has 0 radical (unpaired) electrons. The highest BCUT2D eigenvalue weighted by molar-refractivity contribution is 6.48. The summed E-state index contributed by atoms with van der Waals surface area (Å²) < 4.78 is 113. The number of amides is 6. The van der Waals surface area contributed by atoms with Gasteiger partial charge >= 0.3 is 0 Å². The minimum atomic E-state index is -1.38. The van der Waals surface area contributed by atoms with E-state index >= 15 is 0 Å². The number of hydrogen-bond acceptors (Lipinski definition) is 20. The lowest BCUT2D eigenvalue weighted by Crippen LogP contribution is -2.23. The van der Waals surface area contributed by atoms with E-state index in [-0.39, 0.29) is 90.8 Å². The molecule has 12 aromatic carbocycles. The van der Waals surface area contributed by atoms with E-state index in [1.165, 1.54) is 54.9 Å². The van der Waals surface area contributed by atoms with E-state index in [2.05, 4.69) is 97.0 Å². The van der Waals surface area contributed by atoms with E-state index in [0.29, 0.717) is 104 Å². The van der Waals surface area contributed by atoms with Gasteiger partial charge in [0.25, 0.3) is 35.4 Å². The van der Waals surface area contributed by atoms with Gasteiger partial charge in [0.15, 0.2) is 40.7 Å². The first-order valence-electron chi connectivity index (χ1n) is 45.6. The van der Waals surface area contributed by atoms with E-state index < -0.39 is 87.2 Å². The van der Waals surface area contributed by atoms with Gasteiger partial charge in [0.05, 0.1) is 95.4 Å². The zero-order chi connectivity index (χ0) is 106. The maximum absolute atomic E-state index is 14.8. The third kappa shape index (κ3) is 31.0. The zero-order valence-electron chi connectivity index (χ0n) is 79.5. The van der Waals surface area contributed by atoms with Gasteiger partial charge < -0.3 is 31.9 Å². The second kappa shape index (κ2) is 51.8. The van der Waals surface area contributed by atoms with Crippen molar-refractivity contribution in [1.82, 2.24) is 24.5 Å². The molecule has 2 aromatic heterocycles. The molecule has 0 saturated heterocycles. The van der Waals surface area contributed by atoms with Gasteiger partial charge in [-0.2, -0.15) is 10.4 Å². The van der Waals surface area contributed by atoms with Crippen molar-refractivity contribution in [3.05, 3.63) is 408 Å². The number of hydrogen-bond donors (Lipinski definition) is 6. The number of benzene rings is 12. The van der Waals surface area contributed by atoms with Crippen molar-refractivity contribution in [1.29, 1.82) is 5.26 Å². The summed E-state index contributed by atoms with van der Waals surface area (Å²) in [5.41, 5.74) is 10.2. The Labute approximate surface area is 878 Å². The highest BCUT2D eigenvalue weighted by Gasteiger charge is 2.31. The maximum atomic E-state index is 14.8. The summed E-state index contributed by atoms with van der Waals surface area (Å²) >= 11 is 29.6. The molecule has 0 spiro atoms. The molecule has 19 rings (SSSR count). The topological polar surface area (TPSA) is 371 Å². The van der Waals surface area contributed by atoms with E-state index in [9.17, 15) is 69.2 Å². The van der Waals surface area contributed by atoms with E-state index in [1.54, 1.807) is 66.9 Å². The number of rotatable bonds is 26. The van der Waals surface area contributed by atoms with Crippen LogP contribution in [0.15, 0.2) is 342 Å². The highest BCUT2D eigenvalue weighted by Crippen LogP contribution is 2.35. The number of amidine groups is 5. The van der Waals surface area contributed by atoms with Gasteiger partial charge in [-0.05, 0) is 120 Å². The van der Waals surface area contributed by atoms with Gasteiger partial charge in [-0.3, -0.25) is 58.4 Å². The Morgan fingerprint density at radius 1 is 0.360 bits per heavy atom. The first-order chi connectivity index (χ1) is 72.2. The summed E-state index contributed by atoms with van der Waals surface area (Å²) in [6.07, 6.45) is 7.87. The van der Waals surface area contributed by atoms with Crippen LogP contribution in [0.1, 0.15) is 63.4 Å². The highest BCUT2D eigenvalue weighted by atomic mass is 35.5. The molecule has 5 aliphatic heterocycles. The maximum Gasteiger partial charge on any atom is 0.295 e. The van der Waals surface area contributed by atoms with Gasteiger partial charge in [-0.1, -0.05) is 252 Å². The van der Waals surface area contributed by atoms with Gasteiger partial charge in [0.1, 0.15) is 12.1 Å². The van der Waals surface area contributed by atoms with E-state index in [0.717, 1.165) is 67.9 Å². The fourth-order valence-electron chi connectivity index (χ4n) is 14.6. The van der Waals surface area contributed by atoms with Crippen LogP contribution in [-0.4, -0.2) is 150 Å². The van der Waals surface area contributed by atoms with Crippen LogP contribution < -0.4 is 31.9 Å². The summed E-state index contributed by atoms with van der Waals surface area (Å²) in [5.74, 6) is -11.6. The smallest absolute Gasteiger partial charge is 0.295 e. The van der Waals surface area contributed by atoms with Crippen LogP contribution in [0.4, 0.5) is 69.2 Å². The molecule has 0 atom stereocenters. The Morgan fingerprint density at radius 3 is 1.13 bits per heavy atom. The van der Waals surface area contributed by atoms with E-state index in [1.807, 2.05) is 188 Å². The molecule has 7 heterocycles. The molecule has 14 aromatic rings. The minimum Gasteiger partial charge on any atom is -0.319 e. The molecule has 758 valence electrons. The number of nitrogens with one attached hydrogen (secondary N) is 6. The molecule has 6 amide bonds. The third-order valence-electron chi connectivity index (χ3n) is 21.9. The molecule has 0 fully saturated rings. The molecule has 41 heteroatoms. The first kappa shape index (κ1) is 109. The summed E-state index contributed by atoms with van der Waals surface area (Å²) in [5, 5.41) is 32.9. The molecule has 0 unspecified atom stereocenters. The largest absolute Gasteiger partial charge is 0.319 e. The molecular weight excluding hydrogens is 2040 g/mol. The van der Waals surface area contributed by atoms with Crippen LogP contribution >= 0.6 is 58.0 Å². The second-order valence-electron chi connectivity index (χ2n) is 33.8. The Hall–Kier alpha value is -17.1. The molecule has 28 nitrogen and oxygen atoms in total. The number of nitriles is 1. The van der Waals surface area contributed by atoms with Gasteiger partial charge in [-0.15, -0.1) is 5.10 Å². The molecule has 0 bridgehead atoms.